The maximum Gasteiger partial charge on any atom is 0.356 e. The van der Waals surface area contributed by atoms with Gasteiger partial charge in [0, 0.05) is 6.54 Å². The zero-order valence-electron chi connectivity index (χ0n) is 11.7. The molecule has 1 heterocycles. The summed E-state index contributed by atoms with van der Waals surface area (Å²) in [6.45, 7) is 3.28. The molecule has 0 atom stereocenters. The Morgan fingerprint density at radius 3 is 2.76 bits per heavy atom. The average Bonchev–Trinajstić information content (AvgIpc) is 2.49. The predicted octanol–water partition coefficient (Wildman–Crippen LogP) is 2.36. The number of carboxylic acid groups (broad SMARTS) is 1. The minimum Gasteiger partial charge on any atom is -0.493 e. The fraction of sp³-hybridized carbons (Fsp3) is 0.267. The lowest BCUT2D eigenvalue weighted by atomic mass is 10.2. The van der Waals surface area contributed by atoms with Crippen molar-refractivity contribution in [3.05, 3.63) is 47.9 Å². The Kier molecular flexibility index (Phi) is 5.09. The summed E-state index contributed by atoms with van der Waals surface area (Å²) in [4.78, 5) is 18.4. The Balaban J connectivity index is 1.70. The maximum absolute atomic E-state index is 10.6. The number of benzene rings is 1. The Bertz CT molecular complexity index is 599. The second-order valence-corrected chi connectivity index (χ2v) is 4.49. The summed E-state index contributed by atoms with van der Waals surface area (Å²) in [6, 6.07) is 7.87. The van der Waals surface area contributed by atoms with Crippen LogP contribution in [0.25, 0.3) is 0 Å². The molecule has 0 aliphatic heterocycles. The molecule has 0 bridgehead atoms. The normalized spacial score (nSPS) is 10.1. The van der Waals surface area contributed by atoms with Crippen molar-refractivity contribution in [1.29, 1.82) is 0 Å². The molecule has 0 aliphatic rings. The van der Waals surface area contributed by atoms with Crippen LogP contribution in [0, 0.1) is 6.92 Å². The van der Waals surface area contributed by atoms with Gasteiger partial charge in [-0.05, 0) is 25.0 Å². The van der Waals surface area contributed by atoms with Crippen LogP contribution in [-0.2, 0) is 0 Å². The quantitative estimate of drug-likeness (QED) is 0.760. The first kappa shape index (κ1) is 14.8. The van der Waals surface area contributed by atoms with E-state index in [2.05, 4.69) is 15.3 Å². The zero-order chi connectivity index (χ0) is 15.1. The van der Waals surface area contributed by atoms with Crippen molar-refractivity contribution in [3.63, 3.8) is 0 Å². The molecule has 0 spiro atoms. The van der Waals surface area contributed by atoms with Gasteiger partial charge < -0.3 is 15.2 Å². The highest BCUT2D eigenvalue weighted by Crippen LogP contribution is 2.16. The van der Waals surface area contributed by atoms with Gasteiger partial charge in [0.15, 0.2) is 5.69 Å². The second kappa shape index (κ2) is 7.23. The van der Waals surface area contributed by atoms with E-state index >= 15 is 0 Å². The number of anilines is 1. The topological polar surface area (TPSA) is 84.3 Å². The van der Waals surface area contributed by atoms with Gasteiger partial charge in [0.25, 0.3) is 0 Å². The summed E-state index contributed by atoms with van der Waals surface area (Å²) in [5, 5.41) is 11.8. The van der Waals surface area contributed by atoms with Crippen molar-refractivity contribution in [1.82, 2.24) is 9.97 Å². The molecule has 110 valence electrons. The van der Waals surface area contributed by atoms with E-state index < -0.39 is 5.97 Å². The molecular weight excluding hydrogens is 270 g/mol. The summed E-state index contributed by atoms with van der Waals surface area (Å²) in [5.74, 6) is 0.361. The van der Waals surface area contributed by atoms with E-state index in [0.717, 1.165) is 17.7 Å². The lowest BCUT2D eigenvalue weighted by molar-refractivity contribution is 0.0690. The van der Waals surface area contributed by atoms with Crippen molar-refractivity contribution in [3.8, 4) is 5.75 Å². The van der Waals surface area contributed by atoms with Crippen LogP contribution in [0.2, 0.25) is 0 Å². The molecule has 2 aromatic rings. The molecular formula is C15H17N3O3. The second-order valence-electron chi connectivity index (χ2n) is 4.49. The molecule has 1 aromatic heterocycles. The van der Waals surface area contributed by atoms with Gasteiger partial charge in [-0.1, -0.05) is 18.2 Å². The van der Waals surface area contributed by atoms with E-state index in [1.165, 1.54) is 12.4 Å². The molecule has 0 radical (unpaired) electrons. The van der Waals surface area contributed by atoms with Crippen LogP contribution >= 0.6 is 0 Å². The van der Waals surface area contributed by atoms with Crippen molar-refractivity contribution in [2.45, 2.75) is 13.3 Å². The Hall–Kier alpha value is -2.63. The lowest BCUT2D eigenvalue weighted by Crippen LogP contribution is -2.10. The number of rotatable bonds is 7. The molecule has 21 heavy (non-hydrogen) atoms. The van der Waals surface area contributed by atoms with Crippen molar-refractivity contribution < 1.29 is 14.6 Å². The van der Waals surface area contributed by atoms with E-state index in [0.29, 0.717) is 19.0 Å². The molecule has 1 aromatic carbocycles. The number of hydrogen-bond acceptors (Lipinski definition) is 5. The number of aromatic carboxylic acids is 1. The van der Waals surface area contributed by atoms with Crippen LogP contribution in [0.4, 0.5) is 5.82 Å². The fourth-order valence-corrected chi connectivity index (χ4v) is 1.72. The number of ether oxygens (including phenoxy) is 1. The van der Waals surface area contributed by atoms with Gasteiger partial charge in [-0.15, -0.1) is 0 Å². The van der Waals surface area contributed by atoms with Gasteiger partial charge in [0.05, 0.1) is 19.0 Å². The molecule has 6 heteroatoms. The highest BCUT2D eigenvalue weighted by atomic mass is 16.5. The number of aromatic nitrogens is 2. The summed E-state index contributed by atoms with van der Waals surface area (Å²) in [6.07, 6.45) is 3.44. The standard InChI is InChI=1S/C15H17N3O3/c1-11-5-2-3-6-13(11)21-8-4-7-16-14-10-17-12(9-18-14)15(19)20/h2-3,5-6,9-10H,4,7-8H2,1H3,(H,16,18)(H,19,20). The van der Waals surface area contributed by atoms with E-state index in [-0.39, 0.29) is 5.69 Å². The van der Waals surface area contributed by atoms with Crippen molar-refractivity contribution in [2.24, 2.45) is 0 Å². The third-order valence-electron chi connectivity index (χ3n) is 2.85. The van der Waals surface area contributed by atoms with E-state index in [1.54, 1.807) is 0 Å². The highest BCUT2D eigenvalue weighted by molar-refractivity contribution is 5.84. The maximum atomic E-state index is 10.6. The smallest absolute Gasteiger partial charge is 0.356 e. The van der Waals surface area contributed by atoms with E-state index in [9.17, 15) is 4.79 Å². The third-order valence-corrected chi connectivity index (χ3v) is 2.85. The summed E-state index contributed by atoms with van der Waals surface area (Å²) in [5.41, 5.74) is 1.05. The predicted molar refractivity (Wildman–Crippen MR) is 78.8 cm³/mol. The number of carbonyl (C=O) groups is 1. The van der Waals surface area contributed by atoms with Gasteiger partial charge in [-0.3, -0.25) is 0 Å². The van der Waals surface area contributed by atoms with Crippen LogP contribution < -0.4 is 10.1 Å². The van der Waals surface area contributed by atoms with E-state index in [1.807, 2.05) is 31.2 Å². The van der Waals surface area contributed by atoms with Crippen molar-refractivity contribution >= 4 is 11.8 Å². The van der Waals surface area contributed by atoms with Crippen LogP contribution in [0.3, 0.4) is 0 Å². The summed E-state index contributed by atoms with van der Waals surface area (Å²) in [7, 11) is 0. The molecule has 0 aliphatic carbocycles. The average molecular weight is 287 g/mol. The largest absolute Gasteiger partial charge is 0.493 e. The van der Waals surface area contributed by atoms with Gasteiger partial charge >= 0.3 is 5.97 Å². The van der Waals surface area contributed by atoms with Gasteiger partial charge in [0.2, 0.25) is 0 Å². The molecule has 0 unspecified atom stereocenters. The first-order valence-corrected chi connectivity index (χ1v) is 6.64. The third kappa shape index (κ3) is 4.45. The van der Waals surface area contributed by atoms with Crippen LogP contribution in [0.15, 0.2) is 36.7 Å². The van der Waals surface area contributed by atoms with Gasteiger partial charge in [-0.25, -0.2) is 14.8 Å². The SMILES string of the molecule is Cc1ccccc1OCCCNc1cnc(C(=O)O)cn1. The summed E-state index contributed by atoms with van der Waals surface area (Å²) < 4.78 is 5.67. The molecule has 2 N–H and O–H groups in total. The molecule has 6 nitrogen and oxygen atoms in total. The Morgan fingerprint density at radius 2 is 2.10 bits per heavy atom. The molecule has 2 rings (SSSR count). The zero-order valence-corrected chi connectivity index (χ0v) is 11.7. The summed E-state index contributed by atoms with van der Waals surface area (Å²) >= 11 is 0. The fourth-order valence-electron chi connectivity index (χ4n) is 1.72. The molecule has 0 saturated heterocycles. The number of nitrogens with zero attached hydrogens (tertiary/aromatic N) is 2. The Labute approximate surface area is 122 Å². The number of para-hydroxylation sites is 1. The van der Waals surface area contributed by atoms with Gasteiger partial charge in [0.1, 0.15) is 11.6 Å². The molecule has 0 saturated carbocycles. The highest BCUT2D eigenvalue weighted by Gasteiger charge is 2.04. The van der Waals surface area contributed by atoms with E-state index in [4.69, 9.17) is 9.84 Å². The number of hydrogen-bond donors (Lipinski definition) is 2. The first-order valence-electron chi connectivity index (χ1n) is 6.64. The molecule has 0 fully saturated rings. The number of carboxylic acids is 1. The Morgan fingerprint density at radius 1 is 1.29 bits per heavy atom. The van der Waals surface area contributed by atoms with Crippen LogP contribution in [-0.4, -0.2) is 34.2 Å². The monoisotopic (exact) mass is 287 g/mol. The lowest BCUT2D eigenvalue weighted by Gasteiger charge is -2.09. The first-order chi connectivity index (χ1) is 10.2. The molecule has 0 amide bonds. The van der Waals surface area contributed by atoms with Crippen LogP contribution in [0.1, 0.15) is 22.5 Å². The van der Waals surface area contributed by atoms with Crippen LogP contribution in [0.5, 0.6) is 5.75 Å². The van der Waals surface area contributed by atoms with Gasteiger partial charge in [-0.2, -0.15) is 0 Å². The minimum atomic E-state index is -1.08. The number of aryl methyl sites for hydroxylation is 1. The minimum absolute atomic E-state index is 0.0663. The number of nitrogens with one attached hydrogen (secondary N) is 1. The van der Waals surface area contributed by atoms with Crippen molar-refractivity contribution in [2.75, 3.05) is 18.5 Å².